The summed E-state index contributed by atoms with van der Waals surface area (Å²) in [5.74, 6) is 0.598. The highest BCUT2D eigenvalue weighted by atomic mass is 32.2. The SMILES string of the molecule is COCCOc1ccc(S(=O)(=O)Nc2ccccc2Cc2ccccc2)cc1. The summed E-state index contributed by atoms with van der Waals surface area (Å²) in [7, 11) is -2.10. The van der Waals surface area contributed by atoms with Crippen molar-refractivity contribution in [3.05, 3.63) is 90.0 Å². The highest BCUT2D eigenvalue weighted by Gasteiger charge is 2.16. The Labute approximate surface area is 166 Å². The van der Waals surface area contributed by atoms with Crippen LogP contribution in [0.25, 0.3) is 0 Å². The molecule has 3 aromatic rings. The van der Waals surface area contributed by atoms with Crippen molar-refractivity contribution in [2.75, 3.05) is 25.0 Å². The Hall–Kier alpha value is -2.83. The van der Waals surface area contributed by atoms with Crippen molar-refractivity contribution in [2.24, 2.45) is 0 Å². The Morgan fingerprint density at radius 2 is 1.50 bits per heavy atom. The van der Waals surface area contributed by atoms with Crippen LogP contribution in [0.2, 0.25) is 0 Å². The zero-order valence-electron chi connectivity index (χ0n) is 15.7. The second-order valence-electron chi connectivity index (χ2n) is 6.24. The van der Waals surface area contributed by atoms with Gasteiger partial charge in [0.05, 0.1) is 17.2 Å². The van der Waals surface area contributed by atoms with Crippen LogP contribution in [0.5, 0.6) is 5.75 Å². The summed E-state index contributed by atoms with van der Waals surface area (Å²) in [6.45, 7) is 0.882. The molecule has 0 saturated carbocycles. The summed E-state index contributed by atoms with van der Waals surface area (Å²) in [6.07, 6.45) is 0.645. The summed E-state index contributed by atoms with van der Waals surface area (Å²) in [5, 5.41) is 0. The molecule has 146 valence electrons. The van der Waals surface area contributed by atoms with E-state index in [9.17, 15) is 8.42 Å². The molecule has 0 amide bonds. The van der Waals surface area contributed by atoms with Crippen LogP contribution in [0, 0.1) is 0 Å². The van der Waals surface area contributed by atoms with Gasteiger partial charge in [0, 0.05) is 7.11 Å². The molecule has 0 spiro atoms. The summed E-state index contributed by atoms with van der Waals surface area (Å²) < 4.78 is 38.7. The lowest BCUT2D eigenvalue weighted by atomic mass is 10.0. The van der Waals surface area contributed by atoms with Gasteiger partial charge in [-0.15, -0.1) is 0 Å². The van der Waals surface area contributed by atoms with Crippen LogP contribution >= 0.6 is 0 Å². The van der Waals surface area contributed by atoms with Gasteiger partial charge in [0.2, 0.25) is 0 Å². The lowest BCUT2D eigenvalue weighted by Crippen LogP contribution is -2.14. The van der Waals surface area contributed by atoms with Crippen LogP contribution in [0.15, 0.2) is 83.8 Å². The Kier molecular flexibility index (Phi) is 6.68. The number of hydrogen-bond acceptors (Lipinski definition) is 4. The lowest BCUT2D eigenvalue weighted by Gasteiger charge is -2.13. The monoisotopic (exact) mass is 397 g/mol. The number of nitrogens with one attached hydrogen (secondary N) is 1. The van der Waals surface area contributed by atoms with Crippen molar-refractivity contribution in [2.45, 2.75) is 11.3 Å². The van der Waals surface area contributed by atoms with Crippen LogP contribution in [0.4, 0.5) is 5.69 Å². The van der Waals surface area contributed by atoms with E-state index in [1.54, 1.807) is 25.3 Å². The van der Waals surface area contributed by atoms with E-state index in [1.807, 2.05) is 48.5 Å². The number of para-hydroxylation sites is 1. The minimum Gasteiger partial charge on any atom is -0.491 e. The standard InChI is InChI=1S/C22H23NO4S/c1-26-15-16-27-20-11-13-21(14-12-20)28(24,25)23-22-10-6-5-9-19(22)17-18-7-3-2-4-8-18/h2-14,23H,15-17H2,1H3. The van der Waals surface area contributed by atoms with Gasteiger partial charge in [-0.25, -0.2) is 8.42 Å². The average Bonchev–Trinajstić information content (AvgIpc) is 2.71. The highest BCUT2D eigenvalue weighted by molar-refractivity contribution is 7.92. The molecular weight excluding hydrogens is 374 g/mol. The molecular formula is C22H23NO4S. The van der Waals surface area contributed by atoms with Gasteiger partial charge in [-0.05, 0) is 47.9 Å². The van der Waals surface area contributed by atoms with E-state index in [0.717, 1.165) is 11.1 Å². The van der Waals surface area contributed by atoms with Gasteiger partial charge in [-0.1, -0.05) is 48.5 Å². The third-order valence-corrected chi connectivity index (χ3v) is 5.57. The van der Waals surface area contributed by atoms with Crippen molar-refractivity contribution in [1.82, 2.24) is 0 Å². The zero-order valence-corrected chi connectivity index (χ0v) is 16.5. The molecule has 0 aliphatic rings. The van der Waals surface area contributed by atoms with Gasteiger partial charge in [0.15, 0.2) is 0 Å². The predicted molar refractivity (Wildman–Crippen MR) is 110 cm³/mol. The molecule has 1 N–H and O–H groups in total. The van der Waals surface area contributed by atoms with Crippen molar-refractivity contribution < 1.29 is 17.9 Å². The first-order chi connectivity index (χ1) is 13.6. The first-order valence-corrected chi connectivity index (χ1v) is 10.4. The fourth-order valence-corrected chi connectivity index (χ4v) is 3.85. The first-order valence-electron chi connectivity index (χ1n) is 8.95. The molecule has 5 nitrogen and oxygen atoms in total. The van der Waals surface area contributed by atoms with Crippen molar-refractivity contribution in [3.63, 3.8) is 0 Å². The molecule has 0 saturated heterocycles. The molecule has 0 atom stereocenters. The van der Waals surface area contributed by atoms with Crippen LogP contribution in [0.3, 0.4) is 0 Å². The van der Waals surface area contributed by atoms with E-state index in [4.69, 9.17) is 9.47 Å². The van der Waals surface area contributed by atoms with Gasteiger partial charge in [-0.2, -0.15) is 0 Å². The van der Waals surface area contributed by atoms with E-state index in [2.05, 4.69) is 4.72 Å². The molecule has 6 heteroatoms. The fourth-order valence-electron chi connectivity index (χ4n) is 2.75. The smallest absolute Gasteiger partial charge is 0.261 e. The van der Waals surface area contributed by atoms with Crippen LogP contribution in [0.1, 0.15) is 11.1 Å². The third-order valence-electron chi connectivity index (χ3n) is 4.19. The number of methoxy groups -OCH3 is 1. The maximum absolute atomic E-state index is 12.8. The summed E-state index contributed by atoms with van der Waals surface area (Å²) in [5.41, 5.74) is 2.61. The number of hydrogen-bond donors (Lipinski definition) is 1. The molecule has 28 heavy (non-hydrogen) atoms. The lowest BCUT2D eigenvalue weighted by molar-refractivity contribution is 0.146. The average molecular weight is 397 g/mol. The molecule has 3 rings (SSSR count). The Bertz CT molecular complexity index is 987. The number of sulfonamides is 1. The molecule has 0 radical (unpaired) electrons. The van der Waals surface area contributed by atoms with E-state index in [-0.39, 0.29) is 4.90 Å². The van der Waals surface area contributed by atoms with Gasteiger partial charge in [0.1, 0.15) is 12.4 Å². The molecule has 0 aromatic heterocycles. The highest BCUT2D eigenvalue weighted by Crippen LogP contribution is 2.23. The first kappa shape index (κ1) is 19.9. The Balaban J connectivity index is 1.75. The molecule has 0 heterocycles. The minimum absolute atomic E-state index is 0.182. The van der Waals surface area contributed by atoms with E-state index in [1.165, 1.54) is 12.1 Å². The number of anilines is 1. The maximum Gasteiger partial charge on any atom is 0.261 e. The molecule has 0 aliphatic heterocycles. The maximum atomic E-state index is 12.8. The van der Waals surface area contributed by atoms with Crippen molar-refractivity contribution in [3.8, 4) is 5.75 Å². The number of benzene rings is 3. The second kappa shape index (κ2) is 9.39. The minimum atomic E-state index is -3.70. The normalized spacial score (nSPS) is 11.2. The Morgan fingerprint density at radius 1 is 0.821 bits per heavy atom. The molecule has 0 fully saturated rings. The van der Waals surface area contributed by atoms with Crippen LogP contribution < -0.4 is 9.46 Å². The zero-order chi connectivity index (χ0) is 19.8. The predicted octanol–water partition coefficient (Wildman–Crippen LogP) is 4.10. The van der Waals surface area contributed by atoms with E-state index < -0.39 is 10.0 Å². The van der Waals surface area contributed by atoms with Crippen molar-refractivity contribution >= 4 is 15.7 Å². The van der Waals surface area contributed by atoms with E-state index >= 15 is 0 Å². The molecule has 0 aliphatic carbocycles. The largest absolute Gasteiger partial charge is 0.491 e. The van der Waals surface area contributed by atoms with Gasteiger partial charge >= 0.3 is 0 Å². The van der Waals surface area contributed by atoms with Gasteiger partial charge in [-0.3, -0.25) is 4.72 Å². The summed E-state index contributed by atoms with van der Waals surface area (Å²) in [4.78, 5) is 0.182. The second-order valence-corrected chi connectivity index (χ2v) is 7.92. The van der Waals surface area contributed by atoms with Gasteiger partial charge in [0.25, 0.3) is 10.0 Å². The molecule has 3 aromatic carbocycles. The van der Waals surface area contributed by atoms with Gasteiger partial charge < -0.3 is 9.47 Å². The van der Waals surface area contributed by atoms with E-state index in [0.29, 0.717) is 31.1 Å². The molecule has 0 bridgehead atoms. The van der Waals surface area contributed by atoms with Crippen LogP contribution in [-0.2, 0) is 21.2 Å². The number of rotatable bonds is 9. The summed E-state index contributed by atoms with van der Waals surface area (Å²) in [6, 6.07) is 23.7. The van der Waals surface area contributed by atoms with Crippen molar-refractivity contribution in [1.29, 1.82) is 0 Å². The summed E-state index contributed by atoms with van der Waals surface area (Å²) >= 11 is 0. The quantitative estimate of drug-likeness (QED) is 0.552. The fraction of sp³-hybridized carbons (Fsp3) is 0.182. The third kappa shape index (κ3) is 5.34. The molecule has 0 unspecified atom stereocenters. The Morgan fingerprint density at radius 3 is 2.21 bits per heavy atom. The topological polar surface area (TPSA) is 64.6 Å². The van der Waals surface area contributed by atoms with Crippen LogP contribution in [-0.4, -0.2) is 28.7 Å². The number of ether oxygens (including phenoxy) is 2.